The zero-order valence-electron chi connectivity index (χ0n) is 70.3. The number of aromatic nitrogens is 3. The number of amides is 1. The summed E-state index contributed by atoms with van der Waals surface area (Å²) < 4.78 is 65.0. The van der Waals surface area contributed by atoms with Crippen molar-refractivity contribution in [2.24, 2.45) is 0 Å². The van der Waals surface area contributed by atoms with E-state index in [4.69, 9.17) is 61.9 Å². The molecule has 15 aromatic rings. The van der Waals surface area contributed by atoms with E-state index in [1.54, 1.807) is 65.0 Å². The van der Waals surface area contributed by atoms with Gasteiger partial charge in [0.15, 0.2) is 41.2 Å². The van der Waals surface area contributed by atoms with Crippen molar-refractivity contribution in [2.75, 3.05) is 44.6 Å². The van der Waals surface area contributed by atoms with Crippen LogP contribution in [-0.4, -0.2) is 92.8 Å². The summed E-state index contributed by atoms with van der Waals surface area (Å²) >= 11 is 3.17. The average molecular weight is 1780 g/mol. The minimum atomic E-state index is -0.449. The number of carbonyl (C=O) groups is 4. The number of oxazole rings is 3. The summed E-state index contributed by atoms with van der Waals surface area (Å²) in [6, 6.07) is 102. The van der Waals surface area contributed by atoms with Gasteiger partial charge in [0, 0.05) is 55.3 Å². The number of nitrogens with zero attached hydrogens (tertiary/aromatic N) is 6. The SMILES string of the molecule is C.CC(=O)c1ccccc1F.CC(=O)c1ccccc1Oc1ccccc1.N#CN1CCCC(c2nc(-c3ccccc3Oc3ccccc3)co2)C1.O=C(CBr)c1ccccc1Oc1ccccc1.O=C(OCc1ccccc1)N1CCCC(c2nc(-c3ccccc3Oc3ccccc3)co2)C1.c1ccc(Oc2ccccc2-c2coc(C3CCCNC3)n2)cc1. The highest BCUT2D eigenvalue weighted by molar-refractivity contribution is 9.09. The van der Waals surface area contributed by atoms with Crippen LogP contribution in [-0.2, 0) is 11.3 Å². The van der Waals surface area contributed by atoms with Crippen molar-refractivity contribution in [3.63, 3.8) is 0 Å². The number of hydrogen-bond donors (Lipinski definition) is 1. The fraction of sp³-hybridized carbons (Fsp3) is 0.189. The van der Waals surface area contributed by atoms with Gasteiger partial charge in [-0.05, 0) is 198 Å². The number of hydrogen-bond acceptors (Lipinski definition) is 19. The maximum absolute atomic E-state index is 12.6. The number of ketones is 3. The van der Waals surface area contributed by atoms with Crippen molar-refractivity contribution in [2.45, 2.75) is 84.2 Å². The fourth-order valence-electron chi connectivity index (χ4n) is 14.1. The third-order valence-electron chi connectivity index (χ3n) is 20.5. The van der Waals surface area contributed by atoms with Crippen molar-refractivity contribution >= 4 is 39.4 Å². The highest BCUT2D eigenvalue weighted by Crippen LogP contribution is 2.40. The number of nitrogens with one attached hydrogen (secondary N) is 1. The molecule has 0 saturated carbocycles. The minimum absolute atomic E-state index is 0. The van der Waals surface area contributed by atoms with Gasteiger partial charge < -0.3 is 56.8 Å². The molecule has 3 aromatic heterocycles. The first-order chi connectivity index (χ1) is 62.3. The van der Waals surface area contributed by atoms with E-state index in [1.807, 2.05) is 279 Å². The van der Waals surface area contributed by atoms with Crippen LogP contribution in [0.25, 0.3) is 33.8 Å². The number of alkyl halides is 1. The van der Waals surface area contributed by atoms with Crippen LogP contribution < -0.4 is 29.0 Å². The Morgan fingerprint density at radius 1 is 0.422 bits per heavy atom. The van der Waals surface area contributed by atoms with Gasteiger partial charge in [0.25, 0.3) is 0 Å². The zero-order valence-corrected chi connectivity index (χ0v) is 71.9. The van der Waals surface area contributed by atoms with E-state index in [9.17, 15) is 23.6 Å². The molecule has 128 heavy (non-hydrogen) atoms. The number of likely N-dealkylation sites (tertiary alicyclic amines) is 2. The van der Waals surface area contributed by atoms with E-state index in [0.29, 0.717) is 76.7 Å². The van der Waals surface area contributed by atoms with E-state index in [0.717, 1.165) is 138 Å². The van der Waals surface area contributed by atoms with Gasteiger partial charge in [-0.2, -0.15) is 5.26 Å². The third kappa shape index (κ3) is 27.1. The van der Waals surface area contributed by atoms with Gasteiger partial charge in [0.1, 0.15) is 106 Å². The second-order valence-electron chi connectivity index (χ2n) is 29.7. The quantitative estimate of drug-likeness (QED) is 0.0376. The van der Waals surface area contributed by atoms with Crippen LogP contribution in [0.4, 0.5) is 9.18 Å². The molecule has 3 saturated heterocycles. The van der Waals surface area contributed by atoms with Gasteiger partial charge in [-0.3, -0.25) is 14.4 Å². The van der Waals surface area contributed by atoms with Gasteiger partial charge in [0.2, 0.25) is 0 Å². The average Bonchev–Trinajstić information content (AvgIpc) is 1.74. The standard InChI is InChI=1S/C28H26N2O4.C21H19N3O2.C20H20N2O2.C14H11BrO2.C14H12O2.C8H7FO.CH4/c31-28(33-19-21-10-3-1-4-11-21)30-17-9-12-22(18-30)27-29-25(20-32-27)24-15-7-8-16-26(24)34-23-13-5-2-6-14-23;22-15-24-12-6-7-16(13-24)21-23-19(14-25-21)18-10-4-5-11-20(18)26-17-8-2-1-3-9-17;1-2-8-16(9-3-1)24-19-11-5-4-10-17(19)18-14-23-20(22-18)15-7-6-12-21-13-15;15-10-13(16)12-8-4-5-9-14(12)17-11-6-2-1-3-7-11;1-11(15)13-9-5-6-10-14(13)16-12-7-3-2-4-8-12;1-6(10)7-4-2-3-5-8(7)9;/h1-8,10-11,13-16,20,22H,9,12,17-19H2;1-5,8-11,14,16H,6-7,12-13H2;1-5,8-11,14-15,21H,6-7,12-13H2;1-9H,10H2;2-10H,1H3;2-5H,1H3;1H4. The molecule has 22 heteroatoms. The maximum atomic E-state index is 12.6. The summed E-state index contributed by atoms with van der Waals surface area (Å²) in [4.78, 5) is 64.0. The second kappa shape index (κ2) is 48.5. The molecule has 3 aliphatic rings. The van der Waals surface area contributed by atoms with Gasteiger partial charge in [-0.1, -0.05) is 217 Å². The van der Waals surface area contributed by atoms with Crippen molar-refractivity contribution in [3.05, 3.63) is 392 Å². The Bertz CT molecular complexity index is 6010. The lowest BCUT2D eigenvalue weighted by molar-refractivity contribution is 0.0838. The highest BCUT2D eigenvalue weighted by atomic mass is 79.9. The van der Waals surface area contributed by atoms with E-state index in [-0.39, 0.29) is 54.9 Å². The molecule has 3 fully saturated rings. The number of rotatable bonds is 22. The van der Waals surface area contributed by atoms with Crippen LogP contribution in [0, 0.1) is 17.3 Å². The fourth-order valence-corrected chi connectivity index (χ4v) is 14.4. The first-order valence-corrected chi connectivity index (χ1v) is 43.0. The van der Waals surface area contributed by atoms with E-state index in [2.05, 4.69) is 27.4 Å². The summed E-state index contributed by atoms with van der Waals surface area (Å²) in [5.41, 5.74) is 7.30. The molecule has 0 aliphatic carbocycles. The largest absolute Gasteiger partial charge is 0.457 e. The molecule has 18 rings (SSSR count). The topological polar surface area (TPSA) is 244 Å². The first kappa shape index (κ1) is 92.4. The molecule has 3 atom stereocenters. The van der Waals surface area contributed by atoms with Crippen LogP contribution in [0.5, 0.6) is 57.5 Å². The number of piperidine rings is 3. The van der Waals surface area contributed by atoms with Gasteiger partial charge in [-0.15, -0.1) is 0 Å². The molecule has 650 valence electrons. The maximum Gasteiger partial charge on any atom is 0.410 e. The molecule has 0 radical (unpaired) electrons. The van der Waals surface area contributed by atoms with Crippen LogP contribution in [0.2, 0.25) is 0 Å². The summed E-state index contributed by atoms with van der Waals surface area (Å²) in [5, 5.41) is 12.8. The summed E-state index contributed by atoms with van der Waals surface area (Å²) in [7, 11) is 0. The molecular weight excluding hydrogens is 1680 g/mol. The van der Waals surface area contributed by atoms with Crippen molar-refractivity contribution in [1.82, 2.24) is 30.1 Å². The summed E-state index contributed by atoms with van der Waals surface area (Å²) in [6.07, 6.45) is 13.0. The number of benzene rings is 12. The van der Waals surface area contributed by atoms with Crippen LogP contribution in [0.15, 0.2) is 360 Å². The Hall–Kier alpha value is -14.8. The lowest BCUT2D eigenvalue weighted by atomic mass is 9.98. The van der Waals surface area contributed by atoms with Crippen molar-refractivity contribution in [1.29, 1.82) is 5.26 Å². The third-order valence-corrected chi connectivity index (χ3v) is 21.0. The zero-order chi connectivity index (χ0) is 88.2. The van der Waals surface area contributed by atoms with Gasteiger partial charge in [-0.25, -0.2) is 24.1 Å². The number of para-hydroxylation sites is 10. The summed E-state index contributed by atoms with van der Waals surface area (Å²) in [5.74, 6) is 9.21. The molecule has 12 aromatic carbocycles. The van der Waals surface area contributed by atoms with Gasteiger partial charge in [0.05, 0.1) is 33.9 Å². The minimum Gasteiger partial charge on any atom is -0.457 e. The van der Waals surface area contributed by atoms with Crippen LogP contribution in [0.3, 0.4) is 0 Å². The van der Waals surface area contributed by atoms with Crippen molar-refractivity contribution in [3.8, 4) is 97.5 Å². The summed E-state index contributed by atoms with van der Waals surface area (Å²) in [6.45, 7) is 7.84. The lowest BCUT2D eigenvalue weighted by Crippen LogP contribution is -2.39. The Morgan fingerprint density at radius 3 is 1.16 bits per heavy atom. The molecule has 3 aliphatic heterocycles. The molecule has 1 N–H and O–H groups in total. The predicted octanol–water partition coefficient (Wildman–Crippen LogP) is 26.4. The monoisotopic (exact) mass is 1780 g/mol. The molecule has 0 bridgehead atoms. The Kier molecular flexibility index (Phi) is 35.0. The Labute approximate surface area is 753 Å². The number of Topliss-reactive ketones (excluding diaryl/α,β-unsaturated/α-hetero) is 3. The highest BCUT2D eigenvalue weighted by Gasteiger charge is 2.31. The molecule has 6 heterocycles. The number of nitriles is 1. The first-order valence-electron chi connectivity index (χ1n) is 41.9. The smallest absolute Gasteiger partial charge is 0.410 e. The predicted molar refractivity (Wildman–Crippen MR) is 497 cm³/mol. The Balaban J connectivity index is 0.000000144. The van der Waals surface area contributed by atoms with E-state index < -0.39 is 5.82 Å². The second-order valence-corrected chi connectivity index (χ2v) is 30.2. The molecular formula is C106H99BrFN7O13. The van der Waals surface area contributed by atoms with Crippen LogP contribution in [0.1, 0.15) is 132 Å². The lowest BCUT2D eigenvalue weighted by Gasteiger charge is -2.30. The number of halogens is 2. The number of carbonyl (C=O) groups excluding carboxylic acids is 4. The van der Waals surface area contributed by atoms with Crippen LogP contribution >= 0.6 is 15.9 Å². The molecule has 0 spiro atoms. The molecule has 20 nitrogen and oxygen atoms in total. The van der Waals surface area contributed by atoms with E-state index in [1.165, 1.54) is 26.0 Å². The van der Waals surface area contributed by atoms with Crippen molar-refractivity contribution < 1.29 is 65.2 Å². The normalized spacial score (nSPS) is 14.2. The van der Waals surface area contributed by atoms with Gasteiger partial charge >= 0.3 is 6.09 Å². The molecule has 3 unspecified atom stereocenters. The molecule has 1 amide bonds. The number of ether oxygens (including phenoxy) is 6. The van der Waals surface area contributed by atoms with E-state index >= 15 is 0 Å². The Morgan fingerprint density at radius 2 is 0.766 bits per heavy atom.